The molecular formula is C20H20O7. The lowest BCUT2D eigenvalue weighted by Gasteiger charge is -2.40. The summed E-state index contributed by atoms with van der Waals surface area (Å²) in [6, 6.07) is 16.4. The molecule has 2 aromatic rings. The predicted octanol–water partition coefficient (Wildman–Crippen LogP) is 1.54. The molecule has 1 heterocycles. The van der Waals surface area contributed by atoms with Crippen molar-refractivity contribution in [3.05, 3.63) is 71.8 Å². The summed E-state index contributed by atoms with van der Waals surface area (Å²) < 4.78 is 15.9. The molecule has 7 nitrogen and oxygen atoms in total. The van der Waals surface area contributed by atoms with Gasteiger partial charge in [0.2, 0.25) is 0 Å². The zero-order chi connectivity index (χ0) is 19.4. The zero-order valence-electron chi connectivity index (χ0n) is 14.6. The van der Waals surface area contributed by atoms with Crippen molar-refractivity contribution in [2.24, 2.45) is 0 Å². The van der Waals surface area contributed by atoms with Crippen molar-refractivity contribution >= 4 is 11.9 Å². The van der Waals surface area contributed by atoms with E-state index in [4.69, 9.17) is 14.2 Å². The molecule has 1 fully saturated rings. The minimum absolute atomic E-state index is 0.258. The van der Waals surface area contributed by atoms with Crippen molar-refractivity contribution < 1.29 is 34.0 Å². The van der Waals surface area contributed by atoms with Gasteiger partial charge in [-0.25, -0.2) is 9.59 Å². The van der Waals surface area contributed by atoms with Crippen molar-refractivity contribution in [3.8, 4) is 0 Å². The highest BCUT2D eigenvalue weighted by Gasteiger charge is 2.47. The average molecular weight is 372 g/mol. The van der Waals surface area contributed by atoms with Crippen LogP contribution in [0.1, 0.15) is 27.6 Å². The molecule has 5 atom stereocenters. The fraction of sp³-hybridized carbons (Fsp3) is 0.300. The van der Waals surface area contributed by atoms with Crippen molar-refractivity contribution in [2.45, 2.75) is 37.6 Å². The molecule has 142 valence electrons. The number of aliphatic hydroxyl groups is 2. The Balaban J connectivity index is 1.72. The van der Waals surface area contributed by atoms with Crippen LogP contribution in [-0.4, -0.2) is 52.9 Å². The molecule has 0 aromatic heterocycles. The number of esters is 2. The second kappa shape index (κ2) is 8.30. The van der Waals surface area contributed by atoms with Crippen LogP contribution in [-0.2, 0) is 14.2 Å². The van der Waals surface area contributed by atoms with Crippen LogP contribution in [0, 0.1) is 0 Å². The highest BCUT2D eigenvalue weighted by Crippen LogP contribution is 2.26. The van der Waals surface area contributed by atoms with Gasteiger partial charge in [0.25, 0.3) is 0 Å². The number of ether oxygens (including phenoxy) is 3. The lowest BCUT2D eigenvalue weighted by molar-refractivity contribution is -0.276. The van der Waals surface area contributed by atoms with Crippen molar-refractivity contribution in [1.29, 1.82) is 0 Å². The number of aliphatic hydroxyl groups excluding tert-OH is 2. The van der Waals surface area contributed by atoms with Gasteiger partial charge >= 0.3 is 11.9 Å². The van der Waals surface area contributed by atoms with Gasteiger partial charge in [-0.1, -0.05) is 36.4 Å². The number of benzene rings is 2. The van der Waals surface area contributed by atoms with Gasteiger partial charge in [-0.15, -0.1) is 0 Å². The summed E-state index contributed by atoms with van der Waals surface area (Å²) >= 11 is 0. The van der Waals surface area contributed by atoms with Crippen LogP contribution in [0.3, 0.4) is 0 Å². The van der Waals surface area contributed by atoms with E-state index in [2.05, 4.69) is 0 Å². The summed E-state index contributed by atoms with van der Waals surface area (Å²) in [5.74, 6) is -1.38. The highest BCUT2D eigenvalue weighted by molar-refractivity contribution is 5.90. The van der Waals surface area contributed by atoms with Crippen molar-refractivity contribution in [2.75, 3.05) is 0 Å². The number of hydrogen-bond donors (Lipinski definition) is 2. The molecule has 0 amide bonds. The molecule has 3 rings (SSSR count). The zero-order valence-corrected chi connectivity index (χ0v) is 14.6. The first kappa shape index (κ1) is 19.0. The monoisotopic (exact) mass is 372 g/mol. The molecule has 0 bridgehead atoms. The predicted molar refractivity (Wildman–Crippen MR) is 93.9 cm³/mol. The normalized spacial score (nSPS) is 27.6. The maximum absolute atomic E-state index is 12.3. The van der Waals surface area contributed by atoms with E-state index in [1.807, 2.05) is 0 Å². The average Bonchev–Trinajstić information content (AvgIpc) is 2.69. The molecule has 0 radical (unpaired) electrons. The van der Waals surface area contributed by atoms with Crippen LogP contribution < -0.4 is 0 Å². The number of hydrogen-bond acceptors (Lipinski definition) is 7. The first-order valence-corrected chi connectivity index (χ1v) is 8.51. The maximum Gasteiger partial charge on any atom is 0.338 e. The molecule has 1 aliphatic heterocycles. The number of rotatable bonds is 4. The molecule has 0 aliphatic carbocycles. The van der Waals surface area contributed by atoms with Gasteiger partial charge in [-0.2, -0.15) is 0 Å². The fourth-order valence-corrected chi connectivity index (χ4v) is 2.83. The molecule has 0 spiro atoms. The van der Waals surface area contributed by atoms with Crippen LogP contribution in [0.5, 0.6) is 0 Å². The van der Waals surface area contributed by atoms with Crippen LogP contribution in [0.4, 0.5) is 0 Å². The van der Waals surface area contributed by atoms with Gasteiger partial charge in [0, 0.05) is 0 Å². The lowest BCUT2D eigenvalue weighted by Crippen LogP contribution is -2.59. The van der Waals surface area contributed by atoms with E-state index >= 15 is 0 Å². The van der Waals surface area contributed by atoms with Crippen LogP contribution in [0.25, 0.3) is 0 Å². The minimum Gasteiger partial charge on any atom is -0.453 e. The second-order valence-corrected chi connectivity index (χ2v) is 6.19. The topological polar surface area (TPSA) is 102 Å². The molecule has 1 saturated heterocycles. The summed E-state index contributed by atoms with van der Waals surface area (Å²) in [4.78, 5) is 24.5. The largest absolute Gasteiger partial charge is 0.453 e. The van der Waals surface area contributed by atoms with Crippen LogP contribution in [0.2, 0.25) is 0 Å². The first-order chi connectivity index (χ1) is 13.0. The summed E-state index contributed by atoms with van der Waals surface area (Å²) in [7, 11) is 0. The van der Waals surface area contributed by atoms with Crippen LogP contribution >= 0.6 is 0 Å². The van der Waals surface area contributed by atoms with Crippen molar-refractivity contribution in [3.63, 3.8) is 0 Å². The van der Waals surface area contributed by atoms with E-state index in [1.165, 1.54) is 0 Å². The Kier molecular flexibility index (Phi) is 5.85. The Morgan fingerprint density at radius 1 is 0.815 bits per heavy atom. The van der Waals surface area contributed by atoms with E-state index in [0.29, 0.717) is 5.56 Å². The van der Waals surface area contributed by atoms with Gasteiger partial charge in [0.1, 0.15) is 6.10 Å². The van der Waals surface area contributed by atoms with E-state index in [0.717, 1.165) is 0 Å². The third-order valence-electron chi connectivity index (χ3n) is 4.28. The summed E-state index contributed by atoms with van der Waals surface area (Å²) in [5, 5.41) is 20.6. The van der Waals surface area contributed by atoms with E-state index in [-0.39, 0.29) is 5.56 Å². The van der Waals surface area contributed by atoms with Gasteiger partial charge in [-0.05, 0) is 31.2 Å². The lowest BCUT2D eigenvalue weighted by atomic mass is 9.99. The Bertz CT molecular complexity index is 712. The molecule has 0 unspecified atom stereocenters. The molecule has 1 aliphatic rings. The van der Waals surface area contributed by atoms with E-state index in [1.54, 1.807) is 67.6 Å². The molecule has 2 N–H and O–H groups in total. The Labute approximate surface area is 156 Å². The third-order valence-corrected chi connectivity index (χ3v) is 4.28. The third kappa shape index (κ3) is 4.33. The molecular weight excluding hydrogens is 352 g/mol. The summed E-state index contributed by atoms with van der Waals surface area (Å²) in [6.45, 7) is 1.55. The standard InChI is InChI=1S/C20H20O7/c1-12-16(26-18(22)13-8-4-2-5-9-13)15(21)17(20(24)25-12)27-19(23)14-10-6-3-7-11-14/h2-12,15-17,20-21,24H,1H3/t12-,15+,16-,17+,20+/m1/s1. The molecule has 2 aromatic carbocycles. The van der Waals surface area contributed by atoms with E-state index in [9.17, 15) is 19.8 Å². The smallest absolute Gasteiger partial charge is 0.338 e. The fourth-order valence-electron chi connectivity index (χ4n) is 2.83. The van der Waals surface area contributed by atoms with Crippen molar-refractivity contribution in [1.82, 2.24) is 0 Å². The van der Waals surface area contributed by atoms with Gasteiger partial charge in [0.15, 0.2) is 18.5 Å². The van der Waals surface area contributed by atoms with Crippen LogP contribution in [0.15, 0.2) is 60.7 Å². The molecule has 7 heteroatoms. The number of carbonyl (C=O) groups is 2. The SMILES string of the molecule is C[C@H]1O[C@H](O)[C@@H](OC(=O)c2ccccc2)[C@@H](O)[C@@H]1OC(=O)c1ccccc1. The second-order valence-electron chi connectivity index (χ2n) is 6.19. The quantitative estimate of drug-likeness (QED) is 0.785. The molecule has 0 saturated carbocycles. The van der Waals surface area contributed by atoms with Gasteiger partial charge in [0.05, 0.1) is 17.2 Å². The Morgan fingerprint density at radius 3 is 1.74 bits per heavy atom. The first-order valence-electron chi connectivity index (χ1n) is 8.51. The summed E-state index contributed by atoms with van der Waals surface area (Å²) in [6.07, 6.45) is -6.31. The molecule has 27 heavy (non-hydrogen) atoms. The number of carbonyl (C=O) groups excluding carboxylic acids is 2. The Hall–Kier alpha value is -2.74. The van der Waals surface area contributed by atoms with Gasteiger partial charge in [-0.3, -0.25) is 0 Å². The summed E-state index contributed by atoms with van der Waals surface area (Å²) in [5.41, 5.74) is 0.564. The Morgan fingerprint density at radius 2 is 1.26 bits per heavy atom. The van der Waals surface area contributed by atoms with E-state index < -0.39 is 42.6 Å². The maximum atomic E-state index is 12.3. The minimum atomic E-state index is -1.55. The highest BCUT2D eigenvalue weighted by atomic mass is 16.7. The van der Waals surface area contributed by atoms with Gasteiger partial charge < -0.3 is 24.4 Å².